The number of carbonyl (C=O) groups is 2. The molecular formula is C16H23NO3S. The highest BCUT2D eigenvalue weighted by molar-refractivity contribution is 7.12. The average Bonchev–Trinajstić information content (AvgIpc) is 2.68. The quantitative estimate of drug-likeness (QED) is 0.671. The van der Waals surface area contributed by atoms with Crippen LogP contribution in [0.3, 0.4) is 0 Å². The predicted molar refractivity (Wildman–Crippen MR) is 84.8 cm³/mol. The molecule has 4 nitrogen and oxygen atoms in total. The fourth-order valence-electron chi connectivity index (χ4n) is 2.86. The van der Waals surface area contributed by atoms with Gasteiger partial charge in [0, 0.05) is 6.42 Å². The molecule has 1 amide bonds. The molecule has 1 saturated carbocycles. The summed E-state index contributed by atoms with van der Waals surface area (Å²) in [5, 5.41) is 4.78. The van der Waals surface area contributed by atoms with Crippen LogP contribution in [-0.4, -0.2) is 19.0 Å². The molecule has 0 atom stereocenters. The van der Waals surface area contributed by atoms with E-state index in [2.05, 4.69) is 5.32 Å². The van der Waals surface area contributed by atoms with Crippen LogP contribution in [0, 0.1) is 12.8 Å². The van der Waals surface area contributed by atoms with Crippen molar-refractivity contribution >= 4 is 28.9 Å². The average molecular weight is 309 g/mol. The fourth-order valence-corrected chi connectivity index (χ4v) is 3.79. The van der Waals surface area contributed by atoms with E-state index in [1.54, 1.807) is 0 Å². The van der Waals surface area contributed by atoms with Gasteiger partial charge in [-0.1, -0.05) is 25.7 Å². The van der Waals surface area contributed by atoms with Gasteiger partial charge in [0.25, 0.3) is 0 Å². The molecule has 1 aliphatic carbocycles. The summed E-state index contributed by atoms with van der Waals surface area (Å²) < 4.78 is 4.76. The van der Waals surface area contributed by atoms with Crippen LogP contribution >= 0.6 is 11.3 Å². The van der Waals surface area contributed by atoms with Crippen molar-refractivity contribution in [2.24, 2.45) is 5.92 Å². The van der Waals surface area contributed by atoms with Crippen LogP contribution in [0.4, 0.5) is 5.69 Å². The molecule has 1 aromatic heterocycles. The van der Waals surface area contributed by atoms with Crippen LogP contribution in [0.15, 0.2) is 5.38 Å². The number of aryl methyl sites for hydroxylation is 1. The van der Waals surface area contributed by atoms with Gasteiger partial charge in [-0.2, -0.15) is 0 Å². The largest absolute Gasteiger partial charge is 0.465 e. The number of thiophene rings is 1. The maximum absolute atomic E-state index is 12.2. The summed E-state index contributed by atoms with van der Waals surface area (Å²) in [7, 11) is 1.36. The Bertz CT molecular complexity index is 502. The van der Waals surface area contributed by atoms with Crippen molar-refractivity contribution in [2.75, 3.05) is 12.4 Å². The lowest BCUT2D eigenvalue weighted by Gasteiger charge is -2.14. The second-order valence-corrected chi connectivity index (χ2v) is 6.60. The Hall–Kier alpha value is -1.36. The molecule has 0 spiro atoms. The molecule has 0 radical (unpaired) electrons. The third-order valence-corrected chi connectivity index (χ3v) is 5.14. The van der Waals surface area contributed by atoms with Gasteiger partial charge in [-0.25, -0.2) is 4.79 Å². The summed E-state index contributed by atoms with van der Waals surface area (Å²) >= 11 is 1.31. The van der Waals surface area contributed by atoms with E-state index in [9.17, 15) is 9.59 Å². The van der Waals surface area contributed by atoms with Crippen LogP contribution in [0.1, 0.15) is 60.2 Å². The standard InChI is InChI=1S/C16H23NO3S/c1-11-10-21-15(16(19)20-2)14(11)17-13(18)9-12-7-5-3-4-6-8-12/h10,12H,3-9H2,1-2H3,(H,17,18). The maximum Gasteiger partial charge on any atom is 0.350 e. The highest BCUT2D eigenvalue weighted by Gasteiger charge is 2.21. The molecule has 0 unspecified atom stereocenters. The molecule has 5 heteroatoms. The highest BCUT2D eigenvalue weighted by Crippen LogP contribution is 2.30. The molecule has 1 N–H and O–H groups in total. The second-order valence-electron chi connectivity index (χ2n) is 5.72. The third kappa shape index (κ3) is 4.30. The van der Waals surface area contributed by atoms with Crippen molar-refractivity contribution in [3.05, 3.63) is 15.8 Å². The van der Waals surface area contributed by atoms with E-state index in [-0.39, 0.29) is 5.91 Å². The smallest absolute Gasteiger partial charge is 0.350 e. The fraction of sp³-hybridized carbons (Fsp3) is 0.625. The molecule has 0 aliphatic heterocycles. The van der Waals surface area contributed by atoms with Crippen molar-refractivity contribution in [2.45, 2.75) is 51.9 Å². The van der Waals surface area contributed by atoms with Crippen molar-refractivity contribution in [1.29, 1.82) is 0 Å². The maximum atomic E-state index is 12.2. The summed E-state index contributed by atoms with van der Waals surface area (Å²) in [6.07, 6.45) is 7.85. The first-order valence-electron chi connectivity index (χ1n) is 7.58. The van der Waals surface area contributed by atoms with Crippen molar-refractivity contribution in [3.63, 3.8) is 0 Å². The number of hydrogen-bond acceptors (Lipinski definition) is 4. The molecule has 116 valence electrons. The Morgan fingerprint density at radius 2 is 1.95 bits per heavy atom. The zero-order chi connectivity index (χ0) is 15.2. The van der Waals surface area contributed by atoms with Gasteiger partial charge in [-0.15, -0.1) is 11.3 Å². The first-order valence-corrected chi connectivity index (χ1v) is 8.46. The Balaban J connectivity index is 1.99. The number of esters is 1. The van der Waals surface area contributed by atoms with E-state index < -0.39 is 5.97 Å². The van der Waals surface area contributed by atoms with Crippen LogP contribution in [0.5, 0.6) is 0 Å². The summed E-state index contributed by atoms with van der Waals surface area (Å²) in [6, 6.07) is 0. The van der Waals surface area contributed by atoms with Crippen LogP contribution in [-0.2, 0) is 9.53 Å². The molecule has 2 rings (SSSR count). The minimum absolute atomic E-state index is 0.00792. The van der Waals surface area contributed by atoms with Crippen molar-refractivity contribution in [1.82, 2.24) is 0 Å². The number of methoxy groups -OCH3 is 1. The number of nitrogens with one attached hydrogen (secondary N) is 1. The van der Waals surface area contributed by atoms with Gasteiger partial charge >= 0.3 is 5.97 Å². The Morgan fingerprint density at radius 1 is 1.29 bits per heavy atom. The first kappa shape index (κ1) is 16.0. The van der Waals surface area contributed by atoms with E-state index >= 15 is 0 Å². The van der Waals surface area contributed by atoms with Crippen molar-refractivity contribution in [3.8, 4) is 0 Å². The second kappa shape index (κ2) is 7.59. The first-order chi connectivity index (χ1) is 10.1. The van der Waals surface area contributed by atoms with E-state index in [4.69, 9.17) is 4.74 Å². The van der Waals surface area contributed by atoms with Gasteiger partial charge < -0.3 is 10.1 Å². The lowest BCUT2D eigenvalue weighted by molar-refractivity contribution is -0.117. The zero-order valence-corrected chi connectivity index (χ0v) is 13.6. The summed E-state index contributed by atoms with van der Waals surface area (Å²) in [5.41, 5.74) is 1.53. The monoisotopic (exact) mass is 309 g/mol. The van der Waals surface area contributed by atoms with Crippen LogP contribution < -0.4 is 5.32 Å². The van der Waals surface area contributed by atoms with E-state index in [0.717, 1.165) is 18.4 Å². The van der Waals surface area contributed by atoms with Crippen LogP contribution in [0.25, 0.3) is 0 Å². The van der Waals surface area contributed by atoms with Crippen molar-refractivity contribution < 1.29 is 14.3 Å². The SMILES string of the molecule is COC(=O)c1scc(C)c1NC(=O)CC1CCCCCC1. The number of carbonyl (C=O) groups excluding carboxylic acids is 2. The molecule has 0 saturated heterocycles. The van der Waals surface area contributed by atoms with E-state index in [1.165, 1.54) is 44.1 Å². The van der Waals surface area contributed by atoms with Gasteiger partial charge in [-0.3, -0.25) is 4.79 Å². The Kier molecular flexibility index (Phi) is 5.79. The van der Waals surface area contributed by atoms with Gasteiger partial charge in [-0.05, 0) is 36.6 Å². The molecule has 0 aromatic carbocycles. The number of rotatable bonds is 4. The number of anilines is 1. The number of hydrogen-bond donors (Lipinski definition) is 1. The van der Waals surface area contributed by atoms with Gasteiger partial charge in [0.05, 0.1) is 12.8 Å². The molecule has 1 aliphatic rings. The highest BCUT2D eigenvalue weighted by atomic mass is 32.1. The molecular weight excluding hydrogens is 286 g/mol. The minimum Gasteiger partial charge on any atom is -0.465 e. The van der Waals surface area contributed by atoms with E-state index in [0.29, 0.717) is 22.9 Å². The lowest BCUT2D eigenvalue weighted by atomic mass is 9.96. The number of ether oxygens (including phenoxy) is 1. The van der Waals surface area contributed by atoms with Crippen LogP contribution in [0.2, 0.25) is 0 Å². The summed E-state index contributed by atoms with van der Waals surface area (Å²) in [6.45, 7) is 1.89. The Morgan fingerprint density at radius 3 is 2.57 bits per heavy atom. The molecule has 0 bridgehead atoms. The topological polar surface area (TPSA) is 55.4 Å². The normalized spacial score (nSPS) is 16.3. The summed E-state index contributed by atoms with van der Waals surface area (Å²) in [4.78, 5) is 24.4. The summed E-state index contributed by atoms with van der Waals surface area (Å²) in [5.74, 6) is 0.0967. The number of amides is 1. The molecule has 1 fully saturated rings. The van der Waals surface area contributed by atoms with Gasteiger partial charge in [0.1, 0.15) is 4.88 Å². The molecule has 1 aromatic rings. The third-order valence-electron chi connectivity index (χ3n) is 4.06. The van der Waals surface area contributed by atoms with E-state index in [1.807, 2.05) is 12.3 Å². The Labute approximate surface area is 129 Å². The van der Waals surface area contributed by atoms with Gasteiger partial charge in [0.15, 0.2) is 0 Å². The zero-order valence-electron chi connectivity index (χ0n) is 12.7. The lowest BCUT2D eigenvalue weighted by Crippen LogP contribution is -2.18. The minimum atomic E-state index is -0.391. The van der Waals surface area contributed by atoms with Gasteiger partial charge in [0.2, 0.25) is 5.91 Å². The predicted octanol–water partition coefficient (Wildman–Crippen LogP) is 4.14. The molecule has 21 heavy (non-hydrogen) atoms. The molecule has 1 heterocycles.